The summed E-state index contributed by atoms with van der Waals surface area (Å²) in [7, 11) is 1.82. The third-order valence-corrected chi connectivity index (χ3v) is 4.06. The summed E-state index contributed by atoms with van der Waals surface area (Å²) in [5, 5.41) is 3.70. The van der Waals surface area contributed by atoms with Crippen LogP contribution in [-0.4, -0.2) is 25.8 Å². The van der Waals surface area contributed by atoms with Gasteiger partial charge in [0.1, 0.15) is 0 Å². The van der Waals surface area contributed by atoms with Gasteiger partial charge in [-0.05, 0) is 23.7 Å². The van der Waals surface area contributed by atoms with Crippen LogP contribution >= 0.6 is 0 Å². The molecule has 0 aromatic rings. The summed E-state index contributed by atoms with van der Waals surface area (Å²) in [5.41, 5.74) is 0.667. The SMILES string of the molecule is COC(CNC1CCCC1(C)C)C(C)(C)C. The van der Waals surface area contributed by atoms with Crippen LogP contribution in [0.1, 0.15) is 53.9 Å². The molecule has 0 aromatic heterocycles. The van der Waals surface area contributed by atoms with Gasteiger partial charge in [-0.3, -0.25) is 0 Å². The maximum absolute atomic E-state index is 5.58. The van der Waals surface area contributed by atoms with E-state index in [1.54, 1.807) is 0 Å². The highest BCUT2D eigenvalue weighted by molar-refractivity contribution is 4.91. The quantitative estimate of drug-likeness (QED) is 0.796. The fraction of sp³-hybridized carbons (Fsp3) is 1.00. The van der Waals surface area contributed by atoms with E-state index in [4.69, 9.17) is 4.74 Å². The van der Waals surface area contributed by atoms with Gasteiger partial charge in [0, 0.05) is 19.7 Å². The molecule has 1 aliphatic carbocycles. The van der Waals surface area contributed by atoms with Crippen LogP contribution < -0.4 is 5.32 Å². The van der Waals surface area contributed by atoms with Crippen molar-refractivity contribution in [3.8, 4) is 0 Å². The zero-order valence-electron chi connectivity index (χ0n) is 11.9. The Labute approximate surface area is 101 Å². The third-order valence-electron chi connectivity index (χ3n) is 4.06. The van der Waals surface area contributed by atoms with Gasteiger partial charge in [-0.25, -0.2) is 0 Å². The summed E-state index contributed by atoms with van der Waals surface area (Å²) in [6.07, 6.45) is 4.31. The molecule has 0 saturated heterocycles. The molecule has 2 nitrogen and oxygen atoms in total. The van der Waals surface area contributed by atoms with Gasteiger partial charge in [0.2, 0.25) is 0 Å². The van der Waals surface area contributed by atoms with E-state index in [2.05, 4.69) is 39.9 Å². The van der Waals surface area contributed by atoms with Crippen molar-refractivity contribution in [3.05, 3.63) is 0 Å². The molecule has 0 radical (unpaired) electrons. The van der Waals surface area contributed by atoms with Gasteiger partial charge in [0.15, 0.2) is 0 Å². The van der Waals surface area contributed by atoms with Gasteiger partial charge in [0.05, 0.1) is 6.10 Å². The van der Waals surface area contributed by atoms with E-state index in [9.17, 15) is 0 Å². The molecule has 1 aliphatic rings. The van der Waals surface area contributed by atoms with E-state index in [1.165, 1.54) is 19.3 Å². The predicted octanol–water partition coefficient (Wildman–Crippen LogP) is 3.22. The smallest absolute Gasteiger partial charge is 0.0743 e. The normalized spacial score (nSPS) is 27.0. The van der Waals surface area contributed by atoms with Gasteiger partial charge in [0.25, 0.3) is 0 Å². The third kappa shape index (κ3) is 3.46. The summed E-state index contributed by atoms with van der Waals surface area (Å²) in [4.78, 5) is 0. The fourth-order valence-electron chi connectivity index (χ4n) is 2.70. The van der Waals surface area contributed by atoms with Crippen LogP contribution in [0.15, 0.2) is 0 Å². The molecule has 0 aliphatic heterocycles. The summed E-state index contributed by atoms with van der Waals surface area (Å²) >= 11 is 0. The molecule has 0 aromatic carbocycles. The molecular weight excluding hydrogens is 198 g/mol. The lowest BCUT2D eigenvalue weighted by Crippen LogP contribution is -2.45. The molecule has 0 heterocycles. The molecule has 1 fully saturated rings. The van der Waals surface area contributed by atoms with Gasteiger partial charge >= 0.3 is 0 Å². The molecule has 1 N–H and O–H groups in total. The van der Waals surface area contributed by atoms with E-state index < -0.39 is 0 Å². The van der Waals surface area contributed by atoms with Gasteiger partial charge in [-0.15, -0.1) is 0 Å². The molecule has 0 amide bonds. The lowest BCUT2D eigenvalue weighted by atomic mass is 9.85. The van der Waals surface area contributed by atoms with E-state index in [1.807, 2.05) is 7.11 Å². The molecule has 96 valence electrons. The predicted molar refractivity (Wildman–Crippen MR) is 69.7 cm³/mol. The van der Waals surface area contributed by atoms with Crippen LogP contribution in [0.4, 0.5) is 0 Å². The molecule has 2 unspecified atom stereocenters. The van der Waals surface area contributed by atoms with E-state index in [-0.39, 0.29) is 5.41 Å². The second-order valence-corrected chi connectivity index (χ2v) is 6.93. The van der Waals surface area contributed by atoms with Crippen molar-refractivity contribution in [1.82, 2.24) is 5.32 Å². The zero-order chi connectivity index (χ0) is 12.4. The molecule has 2 heteroatoms. The number of nitrogens with one attached hydrogen (secondary N) is 1. The Morgan fingerprint density at radius 2 is 2.00 bits per heavy atom. The van der Waals surface area contributed by atoms with Crippen molar-refractivity contribution >= 4 is 0 Å². The highest BCUT2D eigenvalue weighted by Crippen LogP contribution is 2.37. The van der Waals surface area contributed by atoms with Crippen molar-refractivity contribution in [2.75, 3.05) is 13.7 Å². The Hall–Kier alpha value is -0.0800. The average molecular weight is 227 g/mol. The van der Waals surface area contributed by atoms with E-state index in [0.29, 0.717) is 17.6 Å². The summed E-state index contributed by atoms with van der Waals surface area (Å²) in [5.74, 6) is 0. The molecule has 0 spiro atoms. The van der Waals surface area contributed by atoms with Gasteiger partial charge in [-0.2, -0.15) is 0 Å². The van der Waals surface area contributed by atoms with Crippen molar-refractivity contribution in [2.45, 2.75) is 66.0 Å². The van der Waals surface area contributed by atoms with Gasteiger partial charge < -0.3 is 10.1 Å². The molecular formula is C14H29NO. The topological polar surface area (TPSA) is 21.3 Å². The highest BCUT2D eigenvalue weighted by Gasteiger charge is 2.35. The minimum atomic E-state index is 0.213. The Kier molecular flexibility index (Phi) is 4.42. The monoisotopic (exact) mass is 227 g/mol. The molecule has 1 rings (SSSR count). The lowest BCUT2D eigenvalue weighted by molar-refractivity contribution is 0.0134. The minimum absolute atomic E-state index is 0.213. The van der Waals surface area contributed by atoms with Crippen LogP contribution in [0.5, 0.6) is 0 Å². The van der Waals surface area contributed by atoms with Crippen molar-refractivity contribution in [1.29, 1.82) is 0 Å². The van der Waals surface area contributed by atoms with Crippen LogP contribution in [0.25, 0.3) is 0 Å². The Balaban J connectivity index is 2.44. The Morgan fingerprint density at radius 1 is 1.38 bits per heavy atom. The molecule has 16 heavy (non-hydrogen) atoms. The van der Waals surface area contributed by atoms with Crippen molar-refractivity contribution in [2.24, 2.45) is 10.8 Å². The second-order valence-electron chi connectivity index (χ2n) is 6.93. The first kappa shape index (κ1) is 14.0. The van der Waals surface area contributed by atoms with E-state index in [0.717, 1.165) is 6.54 Å². The maximum Gasteiger partial charge on any atom is 0.0743 e. The van der Waals surface area contributed by atoms with Crippen LogP contribution in [-0.2, 0) is 4.74 Å². The number of hydrogen-bond donors (Lipinski definition) is 1. The van der Waals surface area contributed by atoms with Crippen LogP contribution in [0, 0.1) is 10.8 Å². The summed E-state index contributed by atoms with van der Waals surface area (Å²) < 4.78 is 5.58. The first-order chi connectivity index (χ1) is 7.27. The first-order valence-electron chi connectivity index (χ1n) is 6.53. The lowest BCUT2D eigenvalue weighted by Gasteiger charge is -2.34. The number of ether oxygens (including phenoxy) is 1. The number of methoxy groups -OCH3 is 1. The van der Waals surface area contributed by atoms with Crippen molar-refractivity contribution < 1.29 is 4.74 Å². The minimum Gasteiger partial charge on any atom is -0.380 e. The first-order valence-corrected chi connectivity index (χ1v) is 6.53. The molecule has 0 bridgehead atoms. The maximum atomic E-state index is 5.58. The van der Waals surface area contributed by atoms with Gasteiger partial charge in [-0.1, -0.05) is 41.0 Å². The summed E-state index contributed by atoms with van der Waals surface area (Å²) in [6, 6.07) is 0.660. The number of hydrogen-bond acceptors (Lipinski definition) is 2. The Morgan fingerprint density at radius 3 is 2.38 bits per heavy atom. The molecule has 2 atom stereocenters. The number of rotatable bonds is 4. The molecule has 1 saturated carbocycles. The summed E-state index contributed by atoms with van der Waals surface area (Å²) in [6.45, 7) is 12.4. The van der Waals surface area contributed by atoms with Crippen molar-refractivity contribution in [3.63, 3.8) is 0 Å². The zero-order valence-corrected chi connectivity index (χ0v) is 11.9. The fourth-order valence-corrected chi connectivity index (χ4v) is 2.70. The standard InChI is InChI=1S/C14H29NO/c1-13(2,3)12(16-6)10-15-11-8-7-9-14(11,4)5/h11-12,15H,7-10H2,1-6H3. The van der Waals surface area contributed by atoms with E-state index >= 15 is 0 Å². The van der Waals surface area contributed by atoms with Crippen LogP contribution in [0.2, 0.25) is 0 Å². The average Bonchev–Trinajstić information content (AvgIpc) is 2.44. The second kappa shape index (κ2) is 5.05. The highest BCUT2D eigenvalue weighted by atomic mass is 16.5. The largest absolute Gasteiger partial charge is 0.380 e. The Bertz CT molecular complexity index is 215. The van der Waals surface area contributed by atoms with Crippen LogP contribution in [0.3, 0.4) is 0 Å².